The summed E-state index contributed by atoms with van der Waals surface area (Å²) in [6.45, 7) is 2.12. The molecule has 1 unspecified atom stereocenters. The summed E-state index contributed by atoms with van der Waals surface area (Å²) in [5.74, 6) is 0.385. The van der Waals surface area contributed by atoms with Crippen LogP contribution in [-0.2, 0) is 17.6 Å². The molecule has 3 aromatic heterocycles. The number of aryl methyl sites for hydroxylation is 1. The molecular formula is C20H18N6O3S. The van der Waals surface area contributed by atoms with Crippen LogP contribution < -0.4 is 10.6 Å². The molecule has 1 atom stereocenters. The molecule has 0 bridgehead atoms. The summed E-state index contributed by atoms with van der Waals surface area (Å²) < 4.78 is 22.1. The van der Waals surface area contributed by atoms with E-state index in [9.17, 15) is 9.00 Å². The van der Waals surface area contributed by atoms with Crippen LogP contribution in [0.3, 0.4) is 0 Å². The molecule has 3 heterocycles. The fraction of sp³-hybridized carbons (Fsp3) is 0.100. The van der Waals surface area contributed by atoms with Crippen LogP contribution in [0.5, 0.6) is 0 Å². The van der Waals surface area contributed by atoms with Crippen molar-refractivity contribution in [3.63, 3.8) is 0 Å². The van der Waals surface area contributed by atoms with Gasteiger partial charge in [0.1, 0.15) is 5.82 Å². The number of hydrogen-bond acceptors (Lipinski definition) is 5. The predicted octanol–water partition coefficient (Wildman–Crippen LogP) is 3.03. The molecule has 152 valence electrons. The minimum atomic E-state index is -2.06. The average Bonchev–Trinajstić information content (AvgIpc) is 3.16. The molecular weight excluding hydrogens is 404 g/mol. The van der Waals surface area contributed by atoms with E-state index in [0.717, 1.165) is 22.3 Å². The number of fused-ring (bicyclic) bond motifs is 1. The molecule has 2 amide bonds. The number of nitrogens with one attached hydrogen (secondary N) is 2. The topological polar surface area (TPSA) is 122 Å². The fourth-order valence-electron chi connectivity index (χ4n) is 2.97. The molecule has 10 heteroatoms. The Kier molecular flexibility index (Phi) is 5.50. The second-order valence-corrected chi connectivity index (χ2v) is 7.51. The van der Waals surface area contributed by atoms with E-state index in [1.54, 1.807) is 53.6 Å². The van der Waals surface area contributed by atoms with Crippen molar-refractivity contribution >= 4 is 33.8 Å². The molecule has 30 heavy (non-hydrogen) atoms. The quantitative estimate of drug-likeness (QED) is 0.425. The lowest BCUT2D eigenvalue weighted by molar-refractivity contribution is 0.251. The van der Waals surface area contributed by atoms with Gasteiger partial charge in [0.15, 0.2) is 11.1 Å². The van der Waals surface area contributed by atoms with Crippen molar-refractivity contribution in [2.75, 3.05) is 5.32 Å². The van der Waals surface area contributed by atoms with Crippen molar-refractivity contribution in [3.05, 3.63) is 72.3 Å². The second-order valence-electron chi connectivity index (χ2n) is 6.54. The molecule has 9 nitrogen and oxygen atoms in total. The molecule has 0 spiro atoms. The maximum Gasteiger partial charge on any atom is 0.320 e. The first-order valence-electron chi connectivity index (χ1n) is 9.01. The molecule has 0 saturated heterocycles. The highest BCUT2D eigenvalue weighted by atomic mass is 32.2. The Balaban J connectivity index is 1.44. The molecule has 0 radical (unpaired) electrons. The summed E-state index contributed by atoms with van der Waals surface area (Å²) in [4.78, 5) is 21.0. The highest BCUT2D eigenvalue weighted by Crippen LogP contribution is 2.20. The zero-order valence-corrected chi connectivity index (χ0v) is 16.8. The summed E-state index contributed by atoms with van der Waals surface area (Å²) in [7, 11) is 0. The van der Waals surface area contributed by atoms with Gasteiger partial charge in [-0.2, -0.15) is 5.10 Å². The number of carbonyl (C=O) groups is 1. The Bertz CT molecular complexity index is 1260. The number of pyridine rings is 2. The number of amides is 2. The molecule has 0 aliphatic heterocycles. The first-order chi connectivity index (χ1) is 14.5. The Morgan fingerprint density at radius 1 is 1.17 bits per heavy atom. The van der Waals surface area contributed by atoms with Crippen LogP contribution in [-0.4, -0.2) is 34.5 Å². The van der Waals surface area contributed by atoms with Gasteiger partial charge in [-0.05, 0) is 42.8 Å². The minimum absolute atomic E-state index is 0.207. The summed E-state index contributed by atoms with van der Waals surface area (Å²) in [6, 6.07) is 11.6. The van der Waals surface area contributed by atoms with Gasteiger partial charge >= 0.3 is 6.03 Å². The smallest absolute Gasteiger partial charge is 0.320 e. The molecule has 0 aliphatic rings. The number of urea groups is 1. The maximum atomic E-state index is 12.2. The Labute approximate surface area is 174 Å². The van der Waals surface area contributed by atoms with E-state index < -0.39 is 17.1 Å². The highest BCUT2D eigenvalue weighted by molar-refractivity contribution is 7.79. The van der Waals surface area contributed by atoms with Gasteiger partial charge in [0, 0.05) is 23.8 Å². The molecule has 0 aliphatic carbocycles. The summed E-state index contributed by atoms with van der Waals surface area (Å²) in [5.41, 5.74) is 3.28. The Morgan fingerprint density at radius 3 is 2.83 bits per heavy atom. The zero-order chi connectivity index (χ0) is 21.1. The minimum Gasteiger partial charge on any atom is -0.334 e. The van der Waals surface area contributed by atoms with Crippen molar-refractivity contribution < 1.29 is 13.6 Å². The number of rotatable bonds is 5. The molecule has 4 rings (SSSR count). The zero-order valence-electron chi connectivity index (χ0n) is 15.9. The van der Waals surface area contributed by atoms with Gasteiger partial charge in [0.2, 0.25) is 0 Å². The van der Waals surface area contributed by atoms with Gasteiger partial charge in [0.25, 0.3) is 0 Å². The third-order valence-electron chi connectivity index (χ3n) is 4.37. The maximum absolute atomic E-state index is 12.2. The van der Waals surface area contributed by atoms with E-state index in [1.165, 1.54) is 0 Å². The number of benzene rings is 1. The number of aromatic nitrogens is 4. The number of anilines is 1. The average molecular weight is 422 g/mol. The summed E-state index contributed by atoms with van der Waals surface area (Å²) in [6.07, 6.45) is 5.07. The summed E-state index contributed by atoms with van der Waals surface area (Å²) >= 11 is -2.06. The lowest BCUT2D eigenvalue weighted by atomic mass is 10.2. The molecule has 0 fully saturated rings. The molecule has 0 saturated carbocycles. The monoisotopic (exact) mass is 422 g/mol. The first kappa shape index (κ1) is 19.7. The lowest BCUT2D eigenvalue weighted by Crippen LogP contribution is -2.28. The van der Waals surface area contributed by atoms with E-state index in [1.807, 2.05) is 19.1 Å². The van der Waals surface area contributed by atoms with Gasteiger partial charge in [-0.15, -0.1) is 0 Å². The van der Waals surface area contributed by atoms with Crippen LogP contribution in [0.25, 0.3) is 16.6 Å². The van der Waals surface area contributed by atoms with Crippen molar-refractivity contribution in [1.29, 1.82) is 0 Å². The first-order valence-corrected chi connectivity index (χ1v) is 10.1. The van der Waals surface area contributed by atoms with Crippen LogP contribution in [0.1, 0.15) is 11.3 Å². The van der Waals surface area contributed by atoms with Crippen LogP contribution >= 0.6 is 0 Å². The van der Waals surface area contributed by atoms with Gasteiger partial charge in [-0.1, -0.05) is 12.1 Å². The number of carbonyl (C=O) groups excluding carboxylic acids is 1. The van der Waals surface area contributed by atoms with E-state index in [0.29, 0.717) is 11.4 Å². The normalized spacial score (nSPS) is 11.9. The third-order valence-corrected chi connectivity index (χ3v) is 5.03. The van der Waals surface area contributed by atoms with E-state index in [-0.39, 0.29) is 11.4 Å². The van der Waals surface area contributed by atoms with Crippen LogP contribution in [0.4, 0.5) is 10.6 Å². The van der Waals surface area contributed by atoms with Gasteiger partial charge < -0.3 is 9.87 Å². The van der Waals surface area contributed by atoms with Crippen molar-refractivity contribution in [1.82, 2.24) is 25.1 Å². The number of nitrogens with zero attached hydrogens (tertiary/aromatic N) is 4. The molecule has 1 aromatic carbocycles. The molecule has 3 N–H and O–H groups in total. The van der Waals surface area contributed by atoms with Crippen LogP contribution in [0.15, 0.2) is 66.0 Å². The predicted molar refractivity (Wildman–Crippen MR) is 113 cm³/mol. The SMILES string of the molecule is Cc1cc(-n2ncc3cc(NC(=O)NCc4cccc(S(=O)O)c4)ncc32)ccn1. The fourth-order valence-corrected chi connectivity index (χ4v) is 3.42. The van der Waals surface area contributed by atoms with Crippen LogP contribution in [0, 0.1) is 6.92 Å². The van der Waals surface area contributed by atoms with Crippen LogP contribution in [0.2, 0.25) is 0 Å². The highest BCUT2D eigenvalue weighted by Gasteiger charge is 2.09. The third kappa shape index (κ3) is 4.34. The van der Waals surface area contributed by atoms with Gasteiger partial charge in [0.05, 0.1) is 28.5 Å². The Hall–Kier alpha value is -3.63. The molecule has 4 aromatic rings. The van der Waals surface area contributed by atoms with E-state index in [2.05, 4.69) is 25.7 Å². The second kappa shape index (κ2) is 8.39. The largest absolute Gasteiger partial charge is 0.334 e. The van der Waals surface area contributed by atoms with Crippen molar-refractivity contribution in [2.24, 2.45) is 0 Å². The van der Waals surface area contributed by atoms with Gasteiger partial charge in [-0.3, -0.25) is 10.3 Å². The van der Waals surface area contributed by atoms with E-state index >= 15 is 0 Å². The Morgan fingerprint density at radius 2 is 2.03 bits per heavy atom. The van der Waals surface area contributed by atoms with E-state index in [4.69, 9.17) is 4.55 Å². The van der Waals surface area contributed by atoms with Crippen molar-refractivity contribution in [2.45, 2.75) is 18.4 Å². The van der Waals surface area contributed by atoms with Gasteiger partial charge in [-0.25, -0.2) is 18.7 Å². The van der Waals surface area contributed by atoms with Crippen molar-refractivity contribution in [3.8, 4) is 5.69 Å². The lowest BCUT2D eigenvalue weighted by Gasteiger charge is -2.08. The summed E-state index contributed by atoms with van der Waals surface area (Å²) in [5, 5.41) is 10.6. The standard InChI is InChI=1S/C20H18N6O3S/c1-13-7-16(5-6-21-13)26-18-12-22-19(9-15(18)11-24-26)25-20(27)23-10-14-3-2-4-17(8-14)30(28)29/h2-9,11-12H,10H2,1H3,(H,28,29)(H2,22,23,25,27). The number of hydrogen-bond donors (Lipinski definition) is 3.